The lowest BCUT2D eigenvalue weighted by molar-refractivity contribution is -0.113. The maximum atomic E-state index is 13.0. The maximum Gasteiger partial charge on any atom is 0.272 e. The molecule has 0 atom stereocenters. The molecule has 31 heavy (non-hydrogen) atoms. The molecule has 0 unspecified atom stereocenters. The molecule has 0 bridgehead atoms. The number of hydrogen-bond acceptors (Lipinski definition) is 4. The fraction of sp³-hybridized carbons (Fsp3) is 0.120. The number of benzene rings is 3. The Morgan fingerprint density at radius 3 is 2.26 bits per heavy atom. The molecular weight excluding hydrogens is 392 g/mol. The van der Waals surface area contributed by atoms with E-state index in [0.717, 1.165) is 11.3 Å². The minimum atomic E-state index is -0.470. The zero-order valence-corrected chi connectivity index (χ0v) is 17.4. The minimum Gasteiger partial charge on any atom is -0.495 e. The van der Waals surface area contributed by atoms with Crippen molar-refractivity contribution in [2.75, 3.05) is 19.0 Å². The molecule has 0 radical (unpaired) electrons. The Balaban J connectivity index is 1.89. The molecule has 0 saturated carbocycles. The summed E-state index contributed by atoms with van der Waals surface area (Å²) >= 11 is 0. The number of carbonyl (C=O) groups excluding carboxylic acids is 2. The van der Waals surface area contributed by atoms with E-state index in [0.29, 0.717) is 23.6 Å². The number of methoxy groups -OCH3 is 1. The van der Waals surface area contributed by atoms with Gasteiger partial charge in [0.05, 0.1) is 19.4 Å². The first-order chi connectivity index (χ1) is 15.1. The van der Waals surface area contributed by atoms with Gasteiger partial charge < -0.3 is 20.1 Å². The third-order valence-electron chi connectivity index (χ3n) is 4.39. The molecule has 158 valence electrons. The number of anilines is 1. The Morgan fingerprint density at radius 2 is 1.58 bits per heavy atom. The molecule has 6 heteroatoms. The van der Waals surface area contributed by atoms with Gasteiger partial charge in [-0.2, -0.15) is 0 Å². The number of rotatable bonds is 8. The number of nitrogens with one attached hydrogen (secondary N) is 2. The molecule has 0 aliphatic heterocycles. The summed E-state index contributed by atoms with van der Waals surface area (Å²) in [6, 6.07) is 23.0. The first kappa shape index (κ1) is 21.6. The van der Waals surface area contributed by atoms with Crippen molar-refractivity contribution >= 4 is 23.6 Å². The first-order valence-corrected chi connectivity index (χ1v) is 9.86. The van der Waals surface area contributed by atoms with E-state index in [1.54, 1.807) is 48.5 Å². The molecule has 0 heterocycles. The van der Waals surface area contributed by atoms with Gasteiger partial charge in [-0.3, -0.25) is 9.59 Å². The standard InChI is InChI=1S/C25H24N2O4/c1-3-31-20-15-13-18(14-16-20)17-22(27-24(28)19-9-5-4-6-10-19)25(29)26-21-11-7-8-12-23(21)30-2/h4-17H,3H2,1-2H3,(H,26,29)(H,27,28)/b22-17-. The molecule has 0 aliphatic rings. The molecule has 0 saturated heterocycles. The molecule has 0 fully saturated rings. The van der Waals surface area contributed by atoms with E-state index in [2.05, 4.69) is 10.6 Å². The average molecular weight is 416 g/mol. The van der Waals surface area contributed by atoms with Gasteiger partial charge in [-0.25, -0.2) is 0 Å². The number of amides is 2. The van der Waals surface area contributed by atoms with Crippen molar-refractivity contribution in [3.63, 3.8) is 0 Å². The summed E-state index contributed by atoms with van der Waals surface area (Å²) in [4.78, 5) is 25.7. The van der Waals surface area contributed by atoms with E-state index in [1.165, 1.54) is 7.11 Å². The van der Waals surface area contributed by atoms with E-state index < -0.39 is 5.91 Å². The largest absolute Gasteiger partial charge is 0.495 e. The lowest BCUT2D eigenvalue weighted by Crippen LogP contribution is -2.30. The molecule has 2 N–H and O–H groups in total. The van der Waals surface area contributed by atoms with Gasteiger partial charge in [-0.05, 0) is 55.0 Å². The second-order valence-corrected chi connectivity index (χ2v) is 6.53. The van der Waals surface area contributed by atoms with Crippen LogP contribution in [0.3, 0.4) is 0 Å². The van der Waals surface area contributed by atoms with Crippen molar-refractivity contribution in [1.82, 2.24) is 5.32 Å². The third kappa shape index (κ3) is 5.96. The summed E-state index contributed by atoms with van der Waals surface area (Å²) in [6.45, 7) is 2.47. The van der Waals surface area contributed by atoms with Gasteiger partial charge >= 0.3 is 0 Å². The predicted molar refractivity (Wildman–Crippen MR) is 121 cm³/mol. The van der Waals surface area contributed by atoms with Crippen LogP contribution in [-0.2, 0) is 4.79 Å². The van der Waals surface area contributed by atoms with Crippen molar-refractivity contribution in [3.8, 4) is 11.5 Å². The molecule has 2 amide bonds. The van der Waals surface area contributed by atoms with Gasteiger partial charge in [0.25, 0.3) is 11.8 Å². The molecule has 0 aliphatic carbocycles. The van der Waals surface area contributed by atoms with E-state index >= 15 is 0 Å². The van der Waals surface area contributed by atoms with Gasteiger partial charge in [0.1, 0.15) is 17.2 Å². The quantitative estimate of drug-likeness (QED) is 0.530. The number of ether oxygens (including phenoxy) is 2. The van der Waals surface area contributed by atoms with Crippen LogP contribution in [0, 0.1) is 0 Å². The maximum absolute atomic E-state index is 13.0. The highest BCUT2D eigenvalue weighted by Gasteiger charge is 2.16. The monoisotopic (exact) mass is 416 g/mol. The Kier molecular flexibility index (Phi) is 7.43. The zero-order chi connectivity index (χ0) is 22.1. The van der Waals surface area contributed by atoms with Crippen LogP contribution in [0.2, 0.25) is 0 Å². The Labute approximate surface area is 181 Å². The molecule has 0 aromatic heterocycles. The van der Waals surface area contributed by atoms with Gasteiger partial charge in [-0.15, -0.1) is 0 Å². The SMILES string of the molecule is CCOc1ccc(/C=C(\NC(=O)c2ccccc2)C(=O)Nc2ccccc2OC)cc1. The Morgan fingerprint density at radius 1 is 0.903 bits per heavy atom. The zero-order valence-electron chi connectivity index (χ0n) is 17.4. The fourth-order valence-electron chi connectivity index (χ4n) is 2.87. The molecule has 3 aromatic rings. The molecule has 3 rings (SSSR count). The van der Waals surface area contributed by atoms with Crippen molar-refractivity contribution in [2.45, 2.75) is 6.92 Å². The number of hydrogen-bond donors (Lipinski definition) is 2. The highest BCUT2D eigenvalue weighted by Crippen LogP contribution is 2.24. The van der Waals surface area contributed by atoms with E-state index in [1.807, 2.05) is 43.3 Å². The Bertz CT molecular complexity index is 1060. The van der Waals surface area contributed by atoms with Gasteiger partial charge in [0.2, 0.25) is 0 Å². The summed E-state index contributed by atoms with van der Waals surface area (Å²) in [6.07, 6.45) is 1.61. The predicted octanol–water partition coefficient (Wildman–Crippen LogP) is 4.50. The molecule has 0 spiro atoms. The van der Waals surface area contributed by atoms with Crippen LogP contribution in [-0.4, -0.2) is 25.5 Å². The first-order valence-electron chi connectivity index (χ1n) is 9.86. The van der Waals surface area contributed by atoms with Crippen LogP contribution in [0.25, 0.3) is 6.08 Å². The minimum absolute atomic E-state index is 0.101. The smallest absolute Gasteiger partial charge is 0.272 e. The highest BCUT2D eigenvalue weighted by molar-refractivity contribution is 6.11. The average Bonchev–Trinajstić information content (AvgIpc) is 2.81. The third-order valence-corrected chi connectivity index (χ3v) is 4.39. The summed E-state index contributed by atoms with van der Waals surface area (Å²) in [5, 5.41) is 5.52. The number of para-hydroxylation sites is 2. The van der Waals surface area contributed by atoms with E-state index in [9.17, 15) is 9.59 Å². The lowest BCUT2D eigenvalue weighted by Gasteiger charge is -2.13. The molecular formula is C25H24N2O4. The molecule has 3 aromatic carbocycles. The van der Waals surface area contributed by atoms with Gasteiger partial charge in [0, 0.05) is 5.56 Å². The summed E-state index contributed by atoms with van der Waals surface area (Å²) < 4.78 is 10.8. The van der Waals surface area contributed by atoms with Crippen LogP contribution >= 0.6 is 0 Å². The summed E-state index contributed by atoms with van der Waals surface area (Å²) in [5.74, 6) is 0.397. The fourth-order valence-corrected chi connectivity index (χ4v) is 2.87. The summed E-state index contributed by atoms with van der Waals surface area (Å²) in [7, 11) is 1.53. The molecule has 6 nitrogen and oxygen atoms in total. The van der Waals surface area contributed by atoms with Crippen LogP contribution in [0.1, 0.15) is 22.8 Å². The van der Waals surface area contributed by atoms with Crippen LogP contribution in [0.5, 0.6) is 11.5 Å². The van der Waals surface area contributed by atoms with Gasteiger partial charge in [0.15, 0.2) is 0 Å². The number of carbonyl (C=O) groups is 2. The van der Waals surface area contributed by atoms with Crippen molar-refractivity contribution < 1.29 is 19.1 Å². The van der Waals surface area contributed by atoms with Crippen molar-refractivity contribution in [3.05, 3.63) is 95.7 Å². The van der Waals surface area contributed by atoms with Gasteiger partial charge in [-0.1, -0.05) is 42.5 Å². The highest BCUT2D eigenvalue weighted by atomic mass is 16.5. The van der Waals surface area contributed by atoms with E-state index in [4.69, 9.17) is 9.47 Å². The van der Waals surface area contributed by atoms with E-state index in [-0.39, 0.29) is 11.6 Å². The van der Waals surface area contributed by atoms with Crippen molar-refractivity contribution in [2.24, 2.45) is 0 Å². The lowest BCUT2D eigenvalue weighted by atomic mass is 10.1. The van der Waals surface area contributed by atoms with Crippen LogP contribution in [0.15, 0.2) is 84.6 Å². The topological polar surface area (TPSA) is 76.7 Å². The van der Waals surface area contributed by atoms with Crippen LogP contribution in [0.4, 0.5) is 5.69 Å². The Hall–Kier alpha value is -4.06. The second-order valence-electron chi connectivity index (χ2n) is 6.53. The summed E-state index contributed by atoms with van der Waals surface area (Å²) in [5.41, 5.74) is 1.79. The normalized spacial score (nSPS) is 10.8. The van der Waals surface area contributed by atoms with Crippen molar-refractivity contribution in [1.29, 1.82) is 0 Å². The second kappa shape index (κ2) is 10.6. The van der Waals surface area contributed by atoms with Crippen LogP contribution < -0.4 is 20.1 Å².